The van der Waals surface area contributed by atoms with E-state index in [-0.39, 0.29) is 23.3 Å². The SMILES string of the molecule is COc1nc(NC(=O)C2(NC(=O)c3ccc4c(C5CCCC5)c(-c5ncc(Br)cn5)n(C)c4c3)CCC2)cnc1/C=C/C(=O)O. The molecule has 0 bridgehead atoms. The molecule has 0 saturated heterocycles. The molecule has 6 rings (SSSR count). The molecule has 2 aliphatic carbocycles. The summed E-state index contributed by atoms with van der Waals surface area (Å²) in [6.07, 6.45) is 13.2. The Kier molecular flexibility index (Phi) is 8.36. The van der Waals surface area contributed by atoms with Gasteiger partial charge in [-0.25, -0.2) is 19.7 Å². The van der Waals surface area contributed by atoms with Crippen LogP contribution in [0.1, 0.15) is 72.5 Å². The molecule has 2 saturated carbocycles. The lowest BCUT2D eigenvalue weighted by molar-refractivity contribution is -0.131. The summed E-state index contributed by atoms with van der Waals surface area (Å²) in [5.74, 6) is -0.699. The smallest absolute Gasteiger partial charge is 0.328 e. The van der Waals surface area contributed by atoms with Crippen molar-refractivity contribution in [1.29, 1.82) is 0 Å². The average molecular weight is 675 g/mol. The molecule has 12 nitrogen and oxygen atoms in total. The second-order valence-corrected chi connectivity index (χ2v) is 12.3. The normalized spacial score (nSPS) is 16.1. The third-order valence-electron chi connectivity index (χ3n) is 8.68. The average Bonchev–Trinajstić information content (AvgIpc) is 3.64. The van der Waals surface area contributed by atoms with Gasteiger partial charge in [-0.3, -0.25) is 9.59 Å². The van der Waals surface area contributed by atoms with Crippen LogP contribution in [-0.2, 0) is 16.6 Å². The van der Waals surface area contributed by atoms with Crippen LogP contribution < -0.4 is 15.4 Å². The molecule has 0 unspecified atom stereocenters. The zero-order valence-electron chi connectivity index (χ0n) is 24.8. The molecule has 0 atom stereocenters. The third-order valence-corrected chi connectivity index (χ3v) is 9.09. The molecule has 1 aromatic carbocycles. The number of hydrogen-bond donors (Lipinski definition) is 3. The molecule has 3 N–H and O–H groups in total. The largest absolute Gasteiger partial charge is 0.479 e. The molecule has 0 spiro atoms. The first kappa shape index (κ1) is 30.4. The van der Waals surface area contributed by atoms with E-state index < -0.39 is 17.4 Å². The van der Waals surface area contributed by atoms with Crippen LogP contribution in [0.3, 0.4) is 0 Å². The summed E-state index contributed by atoms with van der Waals surface area (Å²) in [5, 5.41) is 15.7. The van der Waals surface area contributed by atoms with Gasteiger partial charge in [-0.2, -0.15) is 4.98 Å². The van der Waals surface area contributed by atoms with Gasteiger partial charge in [0.05, 0.1) is 23.5 Å². The van der Waals surface area contributed by atoms with Crippen molar-refractivity contribution >= 4 is 56.5 Å². The van der Waals surface area contributed by atoms with Crippen LogP contribution in [0, 0.1) is 0 Å². The number of hydrogen-bond acceptors (Lipinski definition) is 8. The number of fused-ring (bicyclic) bond motifs is 1. The van der Waals surface area contributed by atoms with Gasteiger partial charge in [0, 0.05) is 42.0 Å². The number of nitrogens with zero attached hydrogens (tertiary/aromatic N) is 5. The van der Waals surface area contributed by atoms with Crippen LogP contribution in [0.25, 0.3) is 28.5 Å². The molecule has 0 radical (unpaired) electrons. The topological polar surface area (TPSA) is 161 Å². The van der Waals surface area contributed by atoms with Crippen molar-refractivity contribution in [3.8, 4) is 17.4 Å². The molecular formula is C32H32BrN7O5. The summed E-state index contributed by atoms with van der Waals surface area (Å²) < 4.78 is 8.09. The van der Waals surface area contributed by atoms with Crippen molar-refractivity contribution in [3.05, 3.63) is 64.2 Å². The molecule has 13 heteroatoms. The maximum Gasteiger partial charge on any atom is 0.328 e. The maximum absolute atomic E-state index is 13.7. The second kappa shape index (κ2) is 12.4. The lowest BCUT2D eigenvalue weighted by Gasteiger charge is -2.40. The summed E-state index contributed by atoms with van der Waals surface area (Å²) in [6.45, 7) is 0. The Hall–Kier alpha value is -4.65. The van der Waals surface area contributed by atoms with E-state index in [2.05, 4.69) is 51.1 Å². The number of halogens is 1. The minimum atomic E-state index is -1.14. The van der Waals surface area contributed by atoms with Gasteiger partial charge in [0.2, 0.25) is 5.88 Å². The monoisotopic (exact) mass is 673 g/mol. The number of ether oxygens (including phenoxy) is 1. The summed E-state index contributed by atoms with van der Waals surface area (Å²) in [5.41, 5.74) is 2.61. The van der Waals surface area contributed by atoms with Gasteiger partial charge in [0.15, 0.2) is 11.6 Å². The number of carbonyl (C=O) groups excluding carboxylic acids is 2. The minimum absolute atomic E-state index is 0.0535. The first-order valence-electron chi connectivity index (χ1n) is 14.8. The Morgan fingerprint density at radius 3 is 2.47 bits per heavy atom. The number of aliphatic carboxylic acids is 1. The Balaban J connectivity index is 1.27. The number of amides is 2. The van der Waals surface area contributed by atoms with Crippen molar-refractivity contribution in [2.24, 2.45) is 7.05 Å². The number of rotatable bonds is 9. The van der Waals surface area contributed by atoms with E-state index in [4.69, 9.17) is 9.84 Å². The van der Waals surface area contributed by atoms with Crippen molar-refractivity contribution in [1.82, 2.24) is 29.8 Å². The first-order valence-corrected chi connectivity index (χ1v) is 15.5. The second-order valence-electron chi connectivity index (χ2n) is 11.4. The third kappa shape index (κ3) is 5.91. The standard InChI is InChI=1S/C32H32BrN7O5/c1-40-23-14-19(8-9-21(23)26(18-6-3-4-7-18)27(40)28-35-15-20(33)16-36-28)29(43)39-32(12-5-13-32)31(44)38-24-17-34-22(10-11-25(41)42)30(37-24)45-2/h8-11,14-18H,3-7,12-13H2,1-2H3,(H,39,43)(H,41,42)(H,37,38,44)/b11-10+. The van der Waals surface area contributed by atoms with E-state index in [1.165, 1.54) is 37.8 Å². The molecule has 3 heterocycles. The molecule has 3 aromatic heterocycles. The van der Waals surface area contributed by atoms with Crippen LogP contribution in [0.15, 0.2) is 47.3 Å². The van der Waals surface area contributed by atoms with Crippen molar-refractivity contribution in [2.75, 3.05) is 12.4 Å². The number of carboxylic acid groups (broad SMARTS) is 1. The van der Waals surface area contributed by atoms with Gasteiger partial charge < -0.3 is 25.0 Å². The van der Waals surface area contributed by atoms with Crippen molar-refractivity contribution in [3.63, 3.8) is 0 Å². The van der Waals surface area contributed by atoms with E-state index in [9.17, 15) is 14.4 Å². The van der Waals surface area contributed by atoms with Crippen LogP contribution in [0.4, 0.5) is 5.82 Å². The number of anilines is 1. The maximum atomic E-state index is 13.7. The highest BCUT2D eigenvalue weighted by atomic mass is 79.9. The predicted octanol–water partition coefficient (Wildman–Crippen LogP) is 5.24. The van der Waals surface area contributed by atoms with Crippen molar-refractivity contribution < 1.29 is 24.2 Å². The molecule has 2 amide bonds. The van der Waals surface area contributed by atoms with Crippen LogP contribution >= 0.6 is 15.9 Å². The van der Waals surface area contributed by atoms with Gasteiger partial charge in [-0.15, -0.1) is 0 Å². The summed E-state index contributed by atoms with van der Waals surface area (Å²) in [6, 6.07) is 5.68. The summed E-state index contributed by atoms with van der Waals surface area (Å²) >= 11 is 3.43. The Labute approximate surface area is 267 Å². The number of benzene rings is 1. The number of carbonyl (C=O) groups is 3. The Morgan fingerprint density at radius 1 is 1.09 bits per heavy atom. The van der Waals surface area contributed by atoms with Gasteiger partial charge in [-0.05, 0) is 77.7 Å². The van der Waals surface area contributed by atoms with Crippen LogP contribution in [0.5, 0.6) is 5.88 Å². The van der Waals surface area contributed by atoms with E-state index in [1.54, 1.807) is 12.4 Å². The van der Waals surface area contributed by atoms with E-state index in [0.29, 0.717) is 30.1 Å². The molecule has 2 aliphatic rings. The van der Waals surface area contributed by atoms with Crippen molar-refractivity contribution in [2.45, 2.75) is 56.4 Å². The molecule has 45 heavy (non-hydrogen) atoms. The molecule has 232 valence electrons. The van der Waals surface area contributed by atoms with Gasteiger partial charge in [-0.1, -0.05) is 18.9 Å². The Bertz CT molecular complexity index is 1830. The van der Waals surface area contributed by atoms with E-state index in [0.717, 1.165) is 46.4 Å². The van der Waals surface area contributed by atoms with E-state index >= 15 is 0 Å². The summed E-state index contributed by atoms with van der Waals surface area (Å²) in [7, 11) is 3.35. The van der Waals surface area contributed by atoms with Gasteiger partial charge in [0.25, 0.3) is 11.8 Å². The number of aryl methyl sites for hydroxylation is 1. The Morgan fingerprint density at radius 2 is 1.82 bits per heavy atom. The summed E-state index contributed by atoms with van der Waals surface area (Å²) in [4.78, 5) is 55.6. The highest BCUT2D eigenvalue weighted by molar-refractivity contribution is 9.10. The van der Waals surface area contributed by atoms with Gasteiger partial charge >= 0.3 is 5.97 Å². The fourth-order valence-electron chi connectivity index (χ4n) is 6.26. The van der Waals surface area contributed by atoms with Crippen LogP contribution in [0.2, 0.25) is 0 Å². The zero-order valence-corrected chi connectivity index (χ0v) is 26.4. The molecule has 0 aliphatic heterocycles. The first-order chi connectivity index (χ1) is 21.7. The van der Waals surface area contributed by atoms with Gasteiger partial charge in [0.1, 0.15) is 11.2 Å². The lowest BCUT2D eigenvalue weighted by atomic mass is 9.75. The number of methoxy groups -OCH3 is 1. The number of carboxylic acids is 1. The number of nitrogens with one attached hydrogen (secondary N) is 2. The fraction of sp³-hybridized carbons (Fsp3) is 0.344. The molecular weight excluding hydrogens is 642 g/mol. The minimum Gasteiger partial charge on any atom is -0.479 e. The number of aromatic nitrogens is 5. The highest BCUT2D eigenvalue weighted by Gasteiger charge is 2.46. The molecule has 4 aromatic rings. The van der Waals surface area contributed by atoms with E-state index in [1.807, 2.05) is 25.2 Å². The predicted molar refractivity (Wildman–Crippen MR) is 171 cm³/mol. The zero-order chi connectivity index (χ0) is 31.7. The van der Waals surface area contributed by atoms with Crippen LogP contribution in [-0.4, -0.2) is 60.0 Å². The molecule has 2 fully saturated rings. The highest BCUT2D eigenvalue weighted by Crippen LogP contribution is 2.44. The fourth-order valence-corrected chi connectivity index (χ4v) is 6.47. The lowest BCUT2D eigenvalue weighted by Crippen LogP contribution is -2.61. The quantitative estimate of drug-likeness (QED) is 0.202.